The number of carbonyl (C=O) groups excluding carboxylic acids is 3. The van der Waals surface area contributed by atoms with Crippen LogP contribution in [0.1, 0.15) is 43.4 Å². The Morgan fingerprint density at radius 1 is 1.09 bits per heavy atom. The van der Waals surface area contributed by atoms with Gasteiger partial charge < -0.3 is 15.5 Å². The number of halogens is 2. The average Bonchev–Trinajstić information content (AvgIpc) is 3.64. The van der Waals surface area contributed by atoms with Crippen molar-refractivity contribution < 1.29 is 23.2 Å². The van der Waals surface area contributed by atoms with E-state index >= 15 is 0 Å². The number of amides is 3. The molecule has 1 aliphatic carbocycles. The zero-order valence-corrected chi connectivity index (χ0v) is 19.5. The predicted octanol–water partition coefficient (Wildman–Crippen LogP) is 3.44. The maximum absolute atomic E-state index is 13.5. The van der Waals surface area contributed by atoms with E-state index in [9.17, 15) is 23.2 Å². The molecule has 4 rings (SSSR count). The first-order chi connectivity index (χ1) is 16.8. The number of rotatable bonds is 8. The highest BCUT2D eigenvalue weighted by atomic mass is 19.1. The average molecular weight is 482 g/mol. The van der Waals surface area contributed by atoms with Gasteiger partial charge in [-0.3, -0.25) is 14.4 Å². The lowest BCUT2D eigenvalue weighted by Gasteiger charge is -2.32. The van der Waals surface area contributed by atoms with Crippen LogP contribution in [0.5, 0.6) is 0 Å². The van der Waals surface area contributed by atoms with Crippen molar-refractivity contribution in [3.63, 3.8) is 0 Å². The van der Waals surface area contributed by atoms with Crippen LogP contribution in [0.15, 0.2) is 60.7 Å². The van der Waals surface area contributed by atoms with E-state index < -0.39 is 35.5 Å². The Morgan fingerprint density at radius 2 is 1.77 bits per heavy atom. The largest absolute Gasteiger partial charge is 0.344 e. The highest BCUT2D eigenvalue weighted by molar-refractivity contribution is 5.92. The molecule has 6 nitrogen and oxygen atoms in total. The van der Waals surface area contributed by atoms with Crippen molar-refractivity contribution in [2.75, 3.05) is 6.54 Å². The lowest BCUT2D eigenvalue weighted by atomic mass is 10.0. The van der Waals surface area contributed by atoms with Crippen LogP contribution in [0.4, 0.5) is 8.78 Å². The van der Waals surface area contributed by atoms with Crippen molar-refractivity contribution in [1.82, 2.24) is 15.5 Å². The molecule has 3 amide bonds. The number of hydrogen-bond donors (Lipinski definition) is 2. The van der Waals surface area contributed by atoms with Crippen LogP contribution in [-0.2, 0) is 20.8 Å². The van der Waals surface area contributed by atoms with Crippen LogP contribution in [-0.4, -0.2) is 41.2 Å². The van der Waals surface area contributed by atoms with Crippen molar-refractivity contribution in [2.45, 2.75) is 50.7 Å². The lowest BCUT2D eigenvalue weighted by molar-refractivity contribution is -0.138. The number of nitrogens with one attached hydrogen (secondary N) is 2. The Kier molecular flexibility index (Phi) is 7.58. The monoisotopic (exact) mass is 481 g/mol. The Hall–Kier alpha value is -3.55. The van der Waals surface area contributed by atoms with Gasteiger partial charge in [0, 0.05) is 12.6 Å². The van der Waals surface area contributed by atoms with Crippen LogP contribution in [0.3, 0.4) is 0 Å². The van der Waals surface area contributed by atoms with Crippen molar-refractivity contribution in [3.05, 3.63) is 83.4 Å². The van der Waals surface area contributed by atoms with E-state index in [0.29, 0.717) is 18.9 Å². The third-order valence-corrected chi connectivity index (χ3v) is 6.27. The van der Waals surface area contributed by atoms with E-state index in [-0.39, 0.29) is 23.9 Å². The molecule has 0 bridgehead atoms. The maximum atomic E-state index is 13.5. The number of nitrogens with zero attached hydrogens (tertiary/aromatic N) is 1. The first kappa shape index (κ1) is 24.6. The third-order valence-electron chi connectivity index (χ3n) is 6.27. The molecule has 1 saturated carbocycles. The third kappa shape index (κ3) is 6.53. The van der Waals surface area contributed by atoms with Crippen LogP contribution in [0, 0.1) is 17.6 Å². The summed E-state index contributed by atoms with van der Waals surface area (Å²) in [7, 11) is 0. The van der Waals surface area contributed by atoms with Gasteiger partial charge in [0.1, 0.15) is 23.7 Å². The smallest absolute Gasteiger partial charge is 0.246 e. The maximum Gasteiger partial charge on any atom is 0.246 e. The molecule has 2 aromatic rings. The molecule has 1 aliphatic heterocycles. The second-order valence-corrected chi connectivity index (χ2v) is 9.26. The van der Waals surface area contributed by atoms with Gasteiger partial charge in [-0.05, 0) is 55.4 Å². The fourth-order valence-corrected chi connectivity index (χ4v) is 4.28. The molecule has 3 atom stereocenters. The van der Waals surface area contributed by atoms with Gasteiger partial charge >= 0.3 is 0 Å². The van der Waals surface area contributed by atoms with Gasteiger partial charge in [0.25, 0.3) is 0 Å². The Balaban J connectivity index is 1.39. The number of benzene rings is 2. The van der Waals surface area contributed by atoms with Gasteiger partial charge in [-0.2, -0.15) is 0 Å². The first-order valence-corrected chi connectivity index (χ1v) is 11.9. The summed E-state index contributed by atoms with van der Waals surface area (Å²) in [6.45, 7) is 2.14. The quantitative estimate of drug-likeness (QED) is 0.567. The van der Waals surface area contributed by atoms with Crippen LogP contribution in [0.25, 0.3) is 0 Å². The molecule has 1 fully saturated rings. The molecule has 0 aromatic heterocycles. The topological polar surface area (TPSA) is 78.5 Å². The summed E-state index contributed by atoms with van der Waals surface area (Å²) in [6, 6.07) is 10.8. The SMILES string of the molecule is C[C@H](NC(=O)Cc1cc(F)cc(F)c1)C(=O)N[C@@H]1CC=C[C@@H](c2ccccc2)N(CC2CC2)C1=O. The van der Waals surface area contributed by atoms with Gasteiger partial charge in [-0.25, -0.2) is 8.78 Å². The highest BCUT2D eigenvalue weighted by Gasteiger charge is 2.36. The van der Waals surface area contributed by atoms with Gasteiger partial charge in [-0.1, -0.05) is 42.5 Å². The molecule has 0 spiro atoms. The van der Waals surface area contributed by atoms with Gasteiger partial charge in [0.05, 0.1) is 12.5 Å². The molecular formula is C27H29F2N3O3. The van der Waals surface area contributed by atoms with Gasteiger partial charge in [0.2, 0.25) is 17.7 Å². The molecule has 0 unspecified atom stereocenters. The summed E-state index contributed by atoms with van der Waals surface area (Å²) in [5.74, 6) is -2.28. The second kappa shape index (κ2) is 10.8. The van der Waals surface area contributed by atoms with Crippen LogP contribution >= 0.6 is 0 Å². The van der Waals surface area contributed by atoms with Gasteiger partial charge in [0.15, 0.2) is 0 Å². The fraction of sp³-hybridized carbons (Fsp3) is 0.370. The molecule has 2 N–H and O–H groups in total. The molecule has 2 aromatic carbocycles. The minimum absolute atomic E-state index is 0.155. The zero-order chi connectivity index (χ0) is 24.9. The molecule has 184 valence electrons. The van der Waals surface area contributed by atoms with Gasteiger partial charge in [-0.15, -0.1) is 0 Å². The van der Waals surface area contributed by atoms with Crippen molar-refractivity contribution in [2.24, 2.45) is 5.92 Å². The van der Waals surface area contributed by atoms with Crippen molar-refractivity contribution >= 4 is 17.7 Å². The highest BCUT2D eigenvalue weighted by Crippen LogP contribution is 2.35. The van der Waals surface area contributed by atoms with Crippen molar-refractivity contribution in [3.8, 4) is 0 Å². The molecule has 8 heteroatoms. The minimum Gasteiger partial charge on any atom is -0.344 e. The van der Waals surface area contributed by atoms with Crippen LogP contribution < -0.4 is 10.6 Å². The molecule has 0 radical (unpaired) electrons. The summed E-state index contributed by atoms with van der Waals surface area (Å²) < 4.78 is 26.7. The van der Waals surface area contributed by atoms with E-state index in [4.69, 9.17) is 0 Å². The molecule has 35 heavy (non-hydrogen) atoms. The van der Waals surface area contributed by atoms with E-state index in [2.05, 4.69) is 10.6 Å². The second-order valence-electron chi connectivity index (χ2n) is 9.26. The summed E-state index contributed by atoms with van der Waals surface area (Å²) in [4.78, 5) is 40.5. The Bertz CT molecular complexity index is 1100. The summed E-state index contributed by atoms with van der Waals surface area (Å²) in [6.07, 6.45) is 6.17. The van der Waals surface area contributed by atoms with E-state index in [0.717, 1.165) is 36.6 Å². The minimum atomic E-state index is -0.928. The summed E-state index contributed by atoms with van der Waals surface area (Å²) in [5.41, 5.74) is 1.18. The van der Waals surface area contributed by atoms with E-state index in [1.54, 1.807) is 0 Å². The molecule has 2 aliphatic rings. The van der Waals surface area contributed by atoms with Crippen molar-refractivity contribution in [1.29, 1.82) is 0 Å². The molecular weight excluding hydrogens is 452 g/mol. The Morgan fingerprint density at radius 3 is 2.43 bits per heavy atom. The molecule has 0 saturated heterocycles. The lowest BCUT2D eigenvalue weighted by Crippen LogP contribution is -2.53. The normalized spacial score (nSPS) is 20.8. The summed E-state index contributed by atoms with van der Waals surface area (Å²) in [5, 5.41) is 5.31. The zero-order valence-electron chi connectivity index (χ0n) is 19.5. The van der Waals surface area contributed by atoms with E-state index in [1.165, 1.54) is 6.92 Å². The van der Waals surface area contributed by atoms with E-state index in [1.807, 2.05) is 47.4 Å². The number of hydrogen-bond acceptors (Lipinski definition) is 3. The standard InChI is InChI=1S/C27H29F2N3O3/c1-17(30-25(33)14-19-12-21(28)15-22(29)13-19)26(34)31-23-8-5-9-24(20-6-3-2-4-7-20)32(27(23)35)16-18-10-11-18/h2-7,9,12-13,15,17-18,23-24H,8,10-11,14,16H2,1H3,(H,30,33)(H,31,34)/t17-,23+,24-/m0/s1. The predicted molar refractivity (Wildman–Crippen MR) is 127 cm³/mol. The van der Waals surface area contributed by atoms with Crippen LogP contribution in [0.2, 0.25) is 0 Å². The molecule has 1 heterocycles. The fourth-order valence-electron chi connectivity index (χ4n) is 4.28. The first-order valence-electron chi connectivity index (χ1n) is 11.9. The Labute approximate surface area is 203 Å². The summed E-state index contributed by atoms with van der Waals surface area (Å²) >= 11 is 0. The number of carbonyl (C=O) groups is 3.